The van der Waals surface area contributed by atoms with Gasteiger partial charge in [-0.05, 0) is 48.8 Å². The van der Waals surface area contributed by atoms with E-state index in [1.807, 2.05) is 54.6 Å². The lowest BCUT2D eigenvalue weighted by atomic mass is 9.81. The van der Waals surface area contributed by atoms with Crippen LogP contribution < -0.4 is 5.32 Å². The molecule has 3 N–H and O–H groups in total. The first-order valence-corrected chi connectivity index (χ1v) is 13.0. The van der Waals surface area contributed by atoms with Crippen molar-refractivity contribution in [3.63, 3.8) is 0 Å². The maximum Gasteiger partial charge on any atom is 0.326 e. The Balaban J connectivity index is 1.53. The van der Waals surface area contributed by atoms with Crippen molar-refractivity contribution in [2.24, 2.45) is 5.41 Å². The van der Waals surface area contributed by atoms with Gasteiger partial charge >= 0.3 is 11.9 Å². The van der Waals surface area contributed by atoms with Crippen LogP contribution in [0.5, 0.6) is 0 Å². The summed E-state index contributed by atoms with van der Waals surface area (Å²) in [4.78, 5) is 51.2. The van der Waals surface area contributed by atoms with Gasteiger partial charge < -0.3 is 20.4 Å². The number of carboxylic acid groups (broad SMARTS) is 2. The minimum Gasteiger partial charge on any atom is -0.481 e. The van der Waals surface area contributed by atoms with Gasteiger partial charge in [0.2, 0.25) is 11.8 Å². The standard InChI is InChI=1S/C29H34N2O6/c32-25(31-16-6-9-24(31)27(35)36)18-23(30-28(37)29(19-26(33)34)14-4-5-15-29)17-20-10-12-22(13-11-20)21-7-2-1-3-8-21/h1-3,7-8,10-13,23-24H,4-6,9,14-19H2,(H,30,37)(H,33,34)(H,35,36)/t23-,24-/m0/s1. The van der Waals surface area contributed by atoms with E-state index in [9.17, 15) is 29.4 Å². The molecule has 37 heavy (non-hydrogen) atoms. The summed E-state index contributed by atoms with van der Waals surface area (Å²) >= 11 is 0. The Bertz CT molecular complexity index is 1120. The van der Waals surface area contributed by atoms with Gasteiger partial charge in [-0.3, -0.25) is 14.4 Å². The van der Waals surface area contributed by atoms with Gasteiger partial charge in [0.1, 0.15) is 6.04 Å². The first-order chi connectivity index (χ1) is 17.8. The van der Waals surface area contributed by atoms with Crippen LogP contribution in [0, 0.1) is 5.41 Å². The van der Waals surface area contributed by atoms with Crippen molar-refractivity contribution in [3.05, 3.63) is 60.2 Å². The SMILES string of the molecule is O=C(O)CC1(C(=O)N[C@H](CC(=O)N2CCC[C@H]2C(=O)O)Cc2ccc(-c3ccccc3)cc2)CCCC1. The van der Waals surface area contributed by atoms with Crippen molar-refractivity contribution in [1.29, 1.82) is 0 Å². The highest BCUT2D eigenvalue weighted by atomic mass is 16.4. The van der Waals surface area contributed by atoms with Crippen LogP contribution in [0.25, 0.3) is 11.1 Å². The average molecular weight is 507 g/mol. The van der Waals surface area contributed by atoms with Crippen LogP contribution in [-0.4, -0.2) is 57.5 Å². The normalized spacial score (nSPS) is 19.4. The average Bonchev–Trinajstić information content (AvgIpc) is 3.55. The number of aliphatic carboxylic acids is 2. The maximum absolute atomic E-state index is 13.4. The molecule has 2 fully saturated rings. The second-order valence-electron chi connectivity index (χ2n) is 10.3. The second-order valence-corrected chi connectivity index (χ2v) is 10.3. The van der Waals surface area contributed by atoms with Gasteiger partial charge in [0, 0.05) is 19.0 Å². The third-order valence-corrected chi connectivity index (χ3v) is 7.69. The molecule has 1 saturated heterocycles. The number of benzene rings is 2. The lowest BCUT2D eigenvalue weighted by Gasteiger charge is -2.30. The summed E-state index contributed by atoms with van der Waals surface area (Å²) < 4.78 is 0. The molecule has 1 heterocycles. The summed E-state index contributed by atoms with van der Waals surface area (Å²) in [5.74, 6) is -2.67. The monoisotopic (exact) mass is 506 g/mol. The number of amides is 2. The van der Waals surface area contributed by atoms with Crippen molar-refractivity contribution in [1.82, 2.24) is 10.2 Å². The highest BCUT2D eigenvalue weighted by Gasteiger charge is 2.44. The Morgan fingerprint density at radius 1 is 0.919 bits per heavy atom. The summed E-state index contributed by atoms with van der Waals surface area (Å²) in [6, 6.07) is 16.4. The van der Waals surface area contributed by atoms with E-state index in [-0.39, 0.29) is 24.7 Å². The number of nitrogens with zero attached hydrogens (tertiary/aromatic N) is 1. The number of nitrogens with one attached hydrogen (secondary N) is 1. The number of hydrogen-bond donors (Lipinski definition) is 3. The van der Waals surface area contributed by atoms with Crippen molar-refractivity contribution in [3.8, 4) is 11.1 Å². The fourth-order valence-corrected chi connectivity index (χ4v) is 5.74. The van der Waals surface area contributed by atoms with Crippen LogP contribution in [0.4, 0.5) is 0 Å². The van der Waals surface area contributed by atoms with Crippen molar-refractivity contribution >= 4 is 23.8 Å². The quantitative estimate of drug-likeness (QED) is 0.449. The van der Waals surface area contributed by atoms with E-state index in [0.717, 1.165) is 29.5 Å². The van der Waals surface area contributed by atoms with Crippen molar-refractivity contribution in [2.75, 3.05) is 6.54 Å². The van der Waals surface area contributed by atoms with E-state index in [4.69, 9.17) is 0 Å². The number of hydrogen-bond acceptors (Lipinski definition) is 4. The lowest BCUT2D eigenvalue weighted by Crippen LogP contribution is -2.49. The van der Waals surface area contributed by atoms with Crippen LogP contribution >= 0.6 is 0 Å². The lowest BCUT2D eigenvalue weighted by molar-refractivity contribution is -0.148. The fourth-order valence-electron chi connectivity index (χ4n) is 5.74. The Kier molecular flexibility index (Phi) is 8.26. The van der Waals surface area contributed by atoms with Gasteiger partial charge in [-0.1, -0.05) is 67.4 Å². The van der Waals surface area contributed by atoms with E-state index >= 15 is 0 Å². The molecule has 196 valence electrons. The van der Waals surface area contributed by atoms with Gasteiger partial charge in [0.15, 0.2) is 0 Å². The summed E-state index contributed by atoms with van der Waals surface area (Å²) in [5, 5.41) is 22.0. The largest absolute Gasteiger partial charge is 0.481 e. The topological polar surface area (TPSA) is 124 Å². The van der Waals surface area contributed by atoms with E-state index < -0.39 is 29.4 Å². The van der Waals surface area contributed by atoms with Gasteiger partial charge in [0.05, 0.1) is 11.8 Å². The van der Waals surface area contributed by atoms with Crippen LogP contribution in [0.15, 0.2) is 54.6 Å². The molecule has 1 aliphatic heterocycles. The molecule has 2 aromatic carbocycles. The summed E-state index contributed by atoms with van der Waals surface area (Å²) in [6.07, 6.45) is 3.73. The zero-order valence-electron chi connectivity index (χ0n) is 20.9. The molecular formula is C29H34N2O6. The molecule has 8 nitrogen and oxygen atoms in total. The van der Waals surface area contributed by atoms with Gasteiger partial charge in [-0.15, -0.1) is 0 Å². The van der Waals surface area contributed by atoms with Gasteiger partial charge in [-0.25, -0.2) is 4.79 Å². The van der Waals surface area contributed by atoms with Crippen LogP contribution in [-0.2, 0) is 25.6 Å². The summed E-state index contributed by atoms with van der Waals surface area (Å²) in [6.45, 7) is 0.380. The molecule has 2 atom stereocenters. The number of carbonyl (C=O) groups is 4. The highest BCUT2D eigenvalue weighted by Crippen LogP contribution is 2.41. The molecule has 8 heteroatoms. The molecule has 0 spiro atoms. The predicted octanol–water partition coefficient (Wildman–Crippen LogP) is 3.88. The molecule has 1 aliphatic carbocycles. The van der Waals surface area contributed by atoms with Crippen molar-refractivity contribution in [2.45, 2.75) is 69.9 Å². The van der Waals surface area contributed by atoms with Crippen molar-refractivity contribution < 1.29 is 29.4 Å². The van der Waals surface area contributed by atoms with Crippen LogP contribution in [0.1, 0.15) is 56.9 Å². The molecule has 1 saturated carbocycles. The number of carboxylic acids is 2. The minimum absolute atomic E-state index is 0.0426. The molecule has 2 amide bonds. The highest BCUT2D eigenvalue weighted by molar-refractivity contribution is 5.89. The maximum atomic E-state index is 13.4. The molecule has 4 rings (SSSR count). The van der Waals surface area contributed by atoms with E-state index in [1.54, 1.807) is 0 Å². The number of likely N-dealkylation sites (tertiary alicyclic amines) is 1. The predicted molar refractivity (Wildman–Crippen MR) is 138 cm³/mol. The first-order valence-electron chi connectivity index (χ1n) is 13.0. The molecule has 0 unspecified atom stereocenters. The minimum atomic E-state index is -1.02. The molecule has 2 aromatic rings. The Morgan fingerprint density at radius 2 is 1.57 bits per heavy atom. The third kappa shape index (κ3) is 6.37. The Labute approximate surface area is 216 Å². The number of rotatable bonds is 10. The molecular weight excluding hydrogens is 472 g/mol. The van der Waals surface area contributed by atoms with Gasteiger partial charge in [0.25, 0.3) is 0 Å². The Hall–Kier alpha value is -3.68. The van der Waals surface area contributed by atoms with E-state index in [2.05, 4.69) is 5.32 Å². The number of carbonyl (C=O) groups excluding carboxylic acids is 2. The van der Waals surface area contributed by atoms with Crippen LogP contribution in [0.2, 0.25) is 0 Å². The first kappa shape index (κ1) is 26.4. The molecule has 0 aromatic heterocycles. The smallest absolute Gasteiger partial charge is 0.326 e. The molecule has 0 radical (unpaired) electrons. The molecule has 2 aliphatic rings. The fraction of sp³-hybridized carbons (Fsp3) is 0.448. The Morgan fingerprint density at radius 3 is 2.19 bits per heavy atom. The molecule has 0 bridgehead atoms. The van der Waals surface area contributed by atoms with E-state index in [1.165, 1.54) is 4.90 Å². The third-order valence-electron chi connectivity index (χ3n) is 7.69. The van der Waals surface area contributed by atoms with Crippen LogP contribution in [0.3, 0.4) is 0 Å². The second kappa shape index (κ2) is 11.6. The zero-order valence-corrected chi connectivity index (χ0v) is 20.9. The van der Waals surface area contributed by atoms with E-state index in [0.29, 0.717) is 38.6 Å². The summed E-state index contributed by atoms with van der Waals surface area (Å²) in [5.41, 5.74) is 2.09. The zero-order chi connectivity index (χ0) is 26.4. The van der Waals surface area contributed by atoms with Gasteiger partial charge in [-0.2, -0.15) is 0 Å². The summed E-state index contributed by atoms with van der Waals surface area (Å²) in [7, 11) is 0.